The van der Waals surface area contributed by atoms with Gasteiger partial charge in [-0.1, -0.05) is 66.3 Å². The lowest BCUT2D eigenvalue weighted by Gasteiger charge is -2.35. The molecule has 12 nitrogen and oxygen atoms in total. The highest BCUT2D eigenvalue weighted by Gasteiger charge is 2.39. The van der Waals surface area contributed by atoms with Crippen LogP contribution in [0.4, 0.5) is 4.79 Å². The fourth-order valence-corrected chi connectivity index (χ4v) is 5.64. The van der Waals surface area contributed by atoms with Gasteiger partial charge in [-0.3, -0.25) is 9.59 Å². The van der Waals surface area contributed by atoms with Crippen LogP contribution in [-0.2, 0) is 19.1 Å². The molecule has 1 fully saturated rings. The normalized spacial score (nSPS) is 29.5. The van der Waals surface area contributed by atoms with Crippen LogP contribution in [0.1, 0.15) is 54.9 Å². The third-order valence-corrected chi connectivity index (χ3v) is 8.81. The van der Waals surface area contributed by atoms with Crippen LogP contribution in [0.3, 0.4) is 0 Å². The number of amides is 2. The van der Waals surface area contributed by atoms with Crippen LogP contribution in [0, 0.1) is 41.4 Å². The predicted molar refractivity (Wildman–Crippen MR) is 164 cm³/mol. The van der Waals surface area contributed by atoms with Gasteiger partial charge < -0.3 is 45.6 Å². The van der Waals surface area contributed by atoms with Crippen molar-refractivity contribution in [1.29, 1.82) is 0 Å². The summed E-state index contributed by atoms with van der Waals surface area (Å²) in [6.45, 7) is 15.2. The topological polar surface area (TPSA) is 200 Å². The van der Waals surface area contributed by atoms with Crippen LogP contribution in [0.25, 0.3) is 0 Å². The Morgan fingerprint density at radius 3 is 2.23 bits per heavy atom. The van der Waals surface area contributed by atoms with Gasteiger partial charge in [0.25, 0.3) is 0 Å². The summed E-state index contributed by atoms with van der Waals surface area (Å²) in [5, 5.41) is 53.7. The fourth-order valence-electron chi connectivity index (χ4n) is 5.64. The molecule has 1 aliphatic rings. The lowest BCUT2D eigenvalue weighted by molar-refractivity contribution is -0.150. The average molecular weight is 627 g/mol. The summed E-state index contributed by atoms with van der Waals surface area (Å²) in [7, 11) is 1.55. The van der Waals surface area contributed by atoms with Crippen molar-refractivity contribution < 1.29 is 49.4 Å². The zero-order valence-electron chi connectivity index (χ0n) is 27.2. The van der Waals surface area contributed by atoms with Gasteiger partial charge in [0, 0.05) is 49.6 Å². The number of carbonyl (C=O) groups is 3. The Bertz CT molecular complexity index is 1030. The van der Waals surface area contributed by atoms with Crippen molar-refractivity contribution in [2.24, 2.45) is 47.2 Å². The fraction of sp³-hybridized carbons (Fsp3) is 0.719. The minimum Gasteiger partial charge on any atom is -0.445 e. The van der Waals surface area contributed by atoms with Crippen molar-refractivity contribution in [3.8, 4) is 0 Å². The molecule has 0 spiro atoms. The molecular formula is C32H54N2O10. The maximum absolute atomic E-state index is 13.3. The molecule has 0 aromatic heterocycles. The highest BCUT2D eigenvalue weighted by Crippen LogP contribution is 2.29. The van der Waals surface area contributed by atoms with Crippen molar-refractivity contribution >= 4 is 18.0 Å². The summed E-state index contributed by atoms with van der Waals surface area (Å²) in [4.78, 5) is 38.8. The SMILES string of the molecule is C=CC=CC(C)C(OC(N)=O)C(C)C(O)C(C)C(=O)N(C)CC(C)C(O)C(C)C=C1OC(=O)C(C)C(O)C(C)C(O)CC1O. The van der Waals surface area contributed by atoms with E-state index in [1.54, 1.807) is 66.8 Å². The van der Waals surface area contributed by atoms with Crippen molar-refractivity contribution in [2.75, 3.05) is 13.6 Å². The Hall–Kier alpha value is -2.77. The van der Waals surface area contributed by atoms with Crippen LogP contribution < -0.4 is 5.73 Å². The van der Waals surface area contributed by atoms with Gasteiger partial charge in [0.05, 0.1) is 36.3 Å². The third-order valence-electron chi connectivity index (χ3n) is 8.81. The van der Waals surface area contributed by atoms with E-state index in [-0.39, 0.29) is 24.6 Å². The molecule has 1 saturated heterocycles. The van der Waals surface area contributed by atoms with E-state index < -0.39 is 90.1 Å². The summed E-state index contributed by atoms with van der Waals surface area (Å²) in [5.41, 5.74) is 5.26. The molecule has 12 heteroatoms. The van der Waals surface area contributed by atoms with Crippen molar-refractivity contribution in [1.82, 2.24) is 4.90 Å². The molecule has 0 aliphatic carbocycles. The summed E-state index contributed by atoms with van der Waals surface area (Å²) >= 11 is 0. The van der Waals surface area contributed by atoms with E-state index >= 15 is 0 Å². The van der Waals surface area contributed by atoms with E-state index in [9.17, 15) is 39.9 Å². The number of aliphatic hydroxyl groups is 5. The molecule has 1 aliphatic heterocycles. The second-order valence-electron chi connectivity index (χ2n) is 12.5. The Kier molecular flexibility index (Phi) is 15.7. The maximum atomic E-state index is 13.3. The van der Waals surface area contributed by atoms with Gasteiger partial charge in [0.1, 0.15) is 18.0 Å². The number of nitrogens with two attached hydrogens (primary N) is 1. The molecule has 1 rings (SSSR count). The standard InChI is InChI=1S/C32H54N2O10/c1-10-11-12-16(2)29(44-32(33)42)20(6)28(39)21(7)30(40)34(9)15-18(4)26(37)17(3)13-25-24(36)14-23(35)19(5)27(38)22(8)31(41)43-25/h10-13,16-24,26-29,35-39H,1,14-15H2,2-9H3,(H2,33,42). The molecule has 44 heavy (non-hydrogen) atoms. The zero-order valence-corrected chi connectivity index (χ0v) is 27.2. The molecule has 13 atom stereocenters. The molecular weight excluding hydrogens is 572 g/mol. The molecule has 0 radical (unpaired) electrons. The zero-order chi connectivity index (χ0) is 34.0. The molecule has 0 aromatic carbocycles. The first-order chi connectivity index (χ1) is 20.3. The van der Waals surface area contributed by atoms with Gasteiger partial charge in [0.2, 0.25) is 5.91 Å². The summed E-state index contributed by atoms with van der Waals surface area (Å²) in [6, 6.07) is 0. The van der Waals surface area contributed by atoms with Crippen LogP contribution in [0.2, 0.25) is 0 Å². The van der Waals surface area contributed by atoms with Gasteiger partial charge in [-0.2, -0.15) is 0 Å². The highest BCUT2D eigenvalue weighted by molar-refractivity contribution is 5.79. The van der Waals surface area contributed by atoms with E-state index in [4.69, 9.17) is 15.2 Å². The van der Waals surface area contributed by atoms with Gasteiger partial charge in [-0.05, 0) is 13.0 Å². The van der Waals surface area contributed by atoms with Crippen LogP contribution >= 0.6 is 0 Å². The first-order valence-corrected chi connectivity index (χ1v) is 15.2. The number of ether oxygens (including phenoxy) is 2. The number of rotatable bonds is 13. The number of nitrogens with zero attached hydrogens (tertiary/aromatic N) is 1. The maximum Gasteiger partial charge on any atom is 0.404 e. The summed E-state index contributed by atoms with van der Waals surface area (Å²) < 4.78 is 10.7. The molecule has 0 aromatic rings. The molecule has 0 saturated carbocycles. The molecule has 0 bridgehead atoms. The quantitative estimate of drug-likeness (QED) is 0.129. The van der Waals surface area contributed by atoms with Gasteiger partial charge in [0.15, 0.2) is 0 Å². The van der Waals surface area contributed by atoms with Crippen molar-refractivity contribution in [3.63, 3.8) is 0 Å². The van der Waals surface area contributed by atoms with Crippen LogP contribution in [0.5, 0.6) is 0 Å². The molecule has 7 N–H and O–H groups in total. The lowest BCUT2D eigenvalue weighted by atomic mass is 9.83. The van der Waals surface area contributed by atoms with Crippen molar-refractivity contribution in [3.05, 3.63) is 36.6 Å². The lowest BCUT2D eigenvalue weighted by Crippen LogP contribution is -2.47. The minimum atomic E-state index is -1.34. The van der Waals surface area contributed by atoms with E-state index in [2.05, 4.69) is 6.58 Å². The van der Waals surface area contributed by atoms with Crippen molar-refractivity contribution in [2.45, 2.75) is 91.5 Å². The summed E-state index contributed by atoms with van der Waals surface area (Å²) in [5.74, 6) is -5.88. The number of allylic oxidation sites excluding steroid dienone is 2. The Balaban J connectivity index is 3.00. The Morgan fingerprint density at radius 1 is 1.09 bits per heavy atom. The van der Waals surface area contributed by atoms with E-state index in [0.717, 1.165) is 0 Å². The van der Waals surface area contributed by atoms with Crippen LogP contribution in [0.15, 0.2) is 36.6 Å². The van der Waals surface area contributed by atoms with Gasteiger partial charge in [-0.25, -0.2) is 4.79 Å². The van der Waals surface area contributed by atoms with E-state index in [0.29, 0.717) is 0 Å². The molecule has 13 unspecified atom stereocenters. The largest absolute Gasteiger partial charge is 0.445 e. The predicted octanol–water partition coefficient (Wildman–Crippen LogP) is 1.74. The van der Waals surface area contributed by atoms with Crippen LogP contribution in [-0.4, -0.2) is 98.6 Å². The summed E-state index contributed by atoms with van der Waals surface area (Å²) in [6.07, 6.45) is -1.36. The van der Waals surface area contributed by atoms with Gasteiger partial charge >= 0.3 is 12.1 Å². The number of cyclic esters (lactones) is 1. The third kappa shape index (κ3) is 10.7. The number of hydrogen-bond donors (Lipinski definition) is 6. The Labute approximate surface area is 261 Å². The monoisotopic (exact) mass is 626 g/mol. The number of esters is 1. The molecule has 2 amide bonds. The highest BCUT2D eigenvalue weighted by atomic mass is 16.6. The number of carbonyl (C=O) groups excluding carboxylic acids is 3. The van der Waals surface area contributed by atoms with E-state index in [1.807, 2.05) is 0 Å². The molecule has 1 heterocycles. The second-order valence-corrected chi connectivity index (χ2v) is 12.5. The Morgan fingerprint density at radius 2 is 1.68 bits per heavy atom. The smallest absolute Gasteiger partial charge is 0.404 e. The number of primary amides is 1. The number of hydrogen-bond acceptors (Lipinski definition) is 10. The first-order valence-electron chi connectivity index (χ1n) is 15.2. The second kappa shape index (κ2) is 17.6. The minimum absolute atomic E-state index is 0.112. The first kappa shape index (κ1) is 39.3. The average Bonchev–Trinajstić information content (AvgIpc) is 2.99. The van der Waals surface area contributed by atoms with Gasteiger partial charge in [-0.15, -0.1) is 0 Å². The van der Waals surface area contributed by atoms with E-state index in [1.165, 1.54) is 17.9 Å². The molecule has 252 valence electrons. The number of aliphatic hydroxyl groups excluding tert-OH is 5.